The summed E-state index contributed by atoms with van der Waals surface area (Å²) in [6.45, 7) is 14.0. The standard InChI is InChI=1S/2C22H25.C6H10.2ClH.Ti/c2*1-4-5-7-17-14-20-8-6-9-21(22(20)15-17)19-12-10-18(11-13-19)16(2)3;1-2-4-6-5-3-1;;;/h2*6,8-16H,4-5,7H2,1-3H3;1-2H,3-6H2;2*1H;/q;;;;;+2/p-2. The van der Waals surface area contributed by atoms with Crippen molar-refractivity contribution in [3.8, 4) is 22.3 Å². The van der Waals surface area contributed by atoms with Gasteiger partial charge in [-0.2, -0.15) is 0 Å². The number of hydrogen-bond acceptors (Lipinski definition) is 0. The van der Waals surface area contributed by atoms with Crippen molar-refractivity contribution in [3.63, 3.8) is 0 Å². The van der Waals surface area contributed by atoms with E-state index >= 15 is 0 Å². The van der Waals surface area contributed by atoms with E-state index in [0.29, 0.717) is 20.3 Å². The third-order valence-electron chi connectivity index (χ3n) is 13.7. The van der Waals surface area contributed by atoms with E-state index < -0.39 is 16.6 Å². The first-order chi connectivity index (χ1) is 24.9. The van der Waals surface area contributed by atoms with E-state index in [9.17, 15) is 0 Å². The van der Waals surface area contributed by atoms with Crippen LogP contribution in [-0.2, 0) is 16.6 Å². The first-order valence-electron chi connectivity index (χ1n) is 20.8. The summed E-state index contributed by atoms with van der Waals surface area (Å²) in [6.07, 6.45) is 19.0. The molecule has 3 heteroatoms. The van der Waals surface area contributed by atoms with E-state index in [2.05, 4.69) is 139 Å². The molecule has 4 unspecified atom stereocenters. The van der Waals surface area contributed by atoms with E-state index in [0.717, 1.165) is 8.45 Å². The molecule has 278 valence electrons. The van der Waals surface area contributed by atoms with E-state index in [1.807, 2.05) is 11.1 Å². The Balaban J connectivity index is 0.00000240. The molecule has 0 nitrogen and oxygen atoms in total. The van der Waals surface area contributed by atoms with Gasteiger partial charge in [-0.25, -0.2) is 0 Å². The van der Waals surface area contributed by atoms with Crippen LogP contribution in [0.1, 0.15) is 159 Å². The molecule has 3 aliphatic carbocycles. The summed E-state index contributed by atoms with van der Waals surface area (Å²) in [5.74, 6) is 1.11. The summed E-state index contributed by atoms with van der Waals surface area (Å²) >= 11 is -2.71. The zero-order valence-electron chi connectivity index (χ0n) is 33.0. The Kier molecular flexibility index (Phi) is 12.8. The minimum atomic E-state index is -2.71. The van der Waals surface area contributed by atoms with Crippen LogP contribution in [0.25, 0.3) is 34.4 Å². The molecule has 8 rings (SSSR count). The average molecular weight is 780 g/mol. The van der Waals surface area contributed by atoms with Gasteiger partial charge >= 0.3 is 315 Å². The Bertz CT molecular complexity index is 1800. The predicted molar refractivity (Wildman–Crippen MR) is 218 cm³/mol. The molecule has 0 amide bonds. The topological polar surface area (TPSA) is 0 Å². The van der Waals surface area contributed by atoms with Gasteiger partial charge in [-0.15, -0.1) is 0 Å². The molecule has 53 heavy (non-hydrogen) atoms. The van der Waals surface area contributed by atoms with Gasteiger partial charge < -0.3 is 24.8 Å². The normalized spacial score (nSPS) is 22.6. The van der Waals surface area contributed by atoms with Crippen LogP contribution in [-0.4, -0.2) is 0 Å². The molecule has 0 radical (unpaired) electrons. The number of hydrogen-bond donors (Lipinski definition) is 0. The summed E-state index contributed by atoms with van der Waals surface area (Å²) in [4.78, 5) is 0. The molecule has 4 aromatic carbocycles. The van der Waals surface area contributed by atoms with Gasteiger partial charge in [0.2, 0.25) is 0 Å². The quantitative estimate of drug-likeness (QED) is 0.126. The molecular weight excluding hydrogens is 719 g/mol. The smallest absolute Gasteiger partial charge is 1.00 e. The van der Waals surface area contributed by atoms with Crippen LogP contribution in [0.15, 0.2) is 96.1 Å². The van der Waals surface area contributed by atoms with Crippen molar-refractivity contribution in [2.45, 2.75) is 134 Å². The molecule has 0 N–H and O–H groups in total. The van der Waals surface area contributed by atoms with E-state index in [-0.39, 0.29) is 24.8 Å². The molecular formula is C50H60Cl2Ti. The fraction of sp³-hybridized carbons (Fsp3) is 0.440. The van der Waals surface area contributed by atoms with Gasteiger partial charge in [-0.3, -0.25) is 0 Å². The minimum Gasteiger partial charge on any atom is -1.00 e. The molecule has 0 spiro atoms. The SMILES string of the molecule is CCCCC1=Cc2c(-c3ccc(C(C)C)cc3)cccc2[CH]1[Ti+2]1([CH]2C(CCCC)=Cc3c(-c4ccc(C(C)C)cc4)cccc32)[CH]2CCCC[CH]21.[Cl-].[Cl-]. The van der Waals surface area contributed by atoms with Crippen LogP contribution in [0.3, 0.4) is 0 Å². The van der Waals surface area contributed by atoms with Crippen molar-refractivity contribution in [1.29, 1.82) is 0 Å². The number of rotatable bonds is 12. The summed E-state index contributed by atoms with van der Waals surface area (Å²) in [6, 6.07) is 34.0. The van der Waals surface area contributed by atoms with Crippen LogP contribution in [0.5, 0.6) is 0 Å². The maximum Gasteiger partial charge on any atom is -1.00 e. The van der Waals surface area contributed by atoms with Crippen LogP contribution < -0.4 is 24.8 Å². The fourth-order valence-electron chi connectivity index (χ4n) is 11.1. The maximum absolute atomic E-state index is 2.75. The Morgan fingerprint density at radius 1 is 0.547 bits per heavy atom. The molecule has 1 saturated carbocycles. The Morgan fingerprint density at radius 2 is 0.943 bits per heavy atom. The van der Waals surface area contributed by atoms with Crippen molar-refractivity contribution in [1.82, 2.24) is 0 Å². The molecule has 1 heterocycles. The van der Waals surface area contributed by atoms with Gasteiger partial charge in [0.1, 0.15) is 0 Å². The second kappa shape index (κ2) is 16.8. The summed E-state index contributed by atoms with van der Waals surface area (Å²) < 4.78 is 3.35. The second-order valence-corrected chi connectivity index (χ2v) is 24.4. The van der Waals surface area contributed by atoms with Gasteiger partial charge in [0.25, 0.3) is 0 Å². The van der Waals surface area contributed by atoms with Crippen molar-refractivity contribution >= 4 is 12.2 Å². The fourth-order valence-corrected chi connectivity index (χ4v) is 25.3. The van der Waals surface area contributed by atoms with E-state index in [4.69, 9.17) is 0 Å². The Labute approximate surface area is 337 Å². The van der Waals surface area contributed by atoms with Gasteiger partial charge in [0.15, 0.2) is 0 Å². The number of allylic oxidation sites excluding steroid dienone is 2. The molecule has 1 saturated heterocycles. The molecule has 0 bridgehead atoms. The van der Waals surface area contributed by atoms with Crippen molar-refractivity contribution in [3.05, 3.63) is 129 Å². The Hall–Kier alpha value is -2.35. The average Bonchev–Trinajstić information content (AvgIpc) is 3.43. The number of benzene rings is 4. The number of unbranched alkanes of at least 4 members (excludes halogenated alkanes) is 2. The zero-order chi connectivity index (χ0) is 35.3. The molecule has 0 aromatic heterocycles. The molecule has 4 aromatic rings. The predicted octanol–water partition coefficient (Wildman–Crippen LogP) is 9.55. The zero-order valence-corrected chi connectivity index (χ0v) is 36.1. The van der Waals surface area contributed by atoms with E-state index in [1.165, 1.54) is 97.6 Å². The van der Waals surface area contributed by atoms with Gasteiger partial charge in [-0.05, 0) is 0 Å². The van der Waals surface area contributed by atoms with Crippen LogP contribution in [0.4, 0.5) is 0 Å². The van der Waals surface area contributed by atoms with Crippen LogP contribution in [0.2, 0.25) is 8.45 Å². The van der Waals surface area contributed by atoms with Crippen molar-refractivity contribution in [2.75, 3.05) is 0 Å². The second-order valence-electron chi connectivity index (χ2n) is 17.2. The Morgan fingerprint density at radius 3 is 1.30 bits per heavy atom. The molecule has 2 fully saturated rings. The van der Waals surface area contributed by atoms with Gasteiger partial charge in [-0.1, -0.05) is 0 Å². The van der Waals surface area contributed by atoms with E-state index in [1.54, 1.807) is 22.3 Å². The monoisotopic (exact) mass is 778 g/mol. The first kappa shape index (κ1) is 40.3. The third-order valence-corrected chi connectivity index (χ3v) is 24.5. The summed E-state index contributed by atoms with van der Waals surface area (Å²) in [5.41, 5.74) is 18.7. The summed E-state index contributed by atoms with van der Waals surface area (Å²) in [5, 5.41) is 0. The summed E-state index contributed by atoms with van der Waals surface area (Å²) in [7, 11) is 0. The largest absolute Gasteiger partial charge is 1.00 e. The minimum absolute atomic E-state index is 0. The van der Waals surface area contributed by atoms with Gasteiger partial charge in [0.05, 0.1) is 0 Å². The van der Waals surface area contributed by atoms with Crippen molar-refractivity contribution in [2.24, 2.45) is 0 Å². The van der Waals surface area contributed by atoms with Crippen molar-refractivity contribution < 1.29 is 41.4 Å². The maximum atomic E-state index is 2.75. The molecule has 4 aliphatic rings. The van der Waals surface area contributed by atoms with Crippen LogP contribution >= 0.6 is 0 Å². The molecule has 4 atom stereocenters. The first-order valence-corrected chi connectivity index (χ1v) is 24.4. The number of fused-ring (bicyclic) bond motifs is 3. The molecule has 1 aliphatic heterocycles. The van der Waals surface area contributed by atoms with Crippen LogP contribution in [0, 0.1) is 0 Å². The number of halogens is 2. The van der Waals surface area contributed by atoms with Gasteiger partial charge in [0, 0.05) is 0 Å². The third kappa shape index (κ3) is 7.03.